The summed E-state index contributed by atoms with van der Waals surface area (Å²) in [6.07, 6.45) is 3.87. The second kappa shape index (κ2) is 8.75. The van der Waals surface area contributed by atoms with Crippen molar-refractivity contribution >= 4 is 12.0 Å². The zero-order valence-electron chi connectivity index (χ0n) is 16.0. The zero-order valence-corrected chi connectivity index (χ0v) is 16.0. The summed E-state index contributed by atoms with van der Waals surface area (Å²) < 4.78 is 6.07. The topological polar surface area (TPSA) is 29.5 Å². The minimum absolute atomic E-state index is 0.335. The number of carbonyl (C=O) groups excluding carboxylic acids is 1. The van der Waals surface area contributed by atoms with Crippen molar-refractivity contribution in [1.29, 1.82) is 0 Å². The number of carbonyl (C=O) groups is 1. The minimum Gasteiger partial charge on any atom is -0.489 e. The molecule has 3 heteroatoms. The summed E-state index contributed by atoms with van der Waals surface area (Å²) in [4.78, 5) is 13.2. The highest BCUT2D eigenvalue weighted by Crippen LogP contribution is 2.29. The van der Waals surface area contributed by atoms with E-state index in [9.17, 15) is 4.79 Å². The van der Waals surface area contributed by atoms with Gasteiger partial charge in [0.1, 0.15) is 18.6 Å². The molecule has 3 aromatic carbocycles. The second-order valence-corrected chi connectivity index (χ2v) is 7.20. The van der Waals surface area contributed by atoms with Gasteiger partial charge in [0.25, 0.3) is 0 Å². The largest absolute Gasteiger partial charge is 0.489 e. The third-order valence-electron chi connectivity index (χ3n) is 5.41. The molecular formula is C25H25NO2. The fraction of sp³-hybridized carbons (Fsp3) is 0.240. The molecule has 0 aliphatic carbocycles. The lowest BCUT2D eigenvalue weighted by Crippen LogP contribution is -2.29. The molecule has 1 aliphatic heterocycles. The van der Waals surface area contributed by atoms with Crippen LogP contribution >= 0.6 is 0 Å². The van der Waals surface area contributed by atoms with Crippen molar-refractivity contribution in [2.75, 3.05) is 11.4 Å². The van der Waals surface area contributed by atoms with Crippen LogP contribution in [0.5, 0.6) is 5.75 Å². The summed E-state index contributed by atoms with van der Waals surface area (Å²) in [5, 5.41) is 0. The first-order valence-electron chi connectivity index (χ1n) is 9.91. The molecule has 1 fully saturated rings. The summed E-state index contributed by atoms with van der Waals surface area (Å²) in [6, 6.07) is 27.3. The van der Waals surface area contributed by atoms with E-state index < -0.39 is 0 Å². The minimum atomic E-state index is 0.335. The van der Waals surface area contributed by atoms with Gasteiger partial charge in [0.15, 0.2) is 0 Å². The van der Waals surface area contributed by atoms with Gasteiger partial charge >= 0.3 is 0 Å². The number of ether oxygens (including phenoxy) is 1. The van der Waals surface area contributed by atoms with Crippen molar-refractivity contribution in [3.05, 3.63) is 84.4 Å². The van der Waals surface area contributed by atoms with Gasteiger partial charge in [-0.2, -0.15) is 0 Å². The van der Waals surface area contributed by atoms with Crippen LogP contribution in [0.4, 0.5) is 5.69 Å². The third kappa shape index (κ3) is 4.09. The van der Waals surface area contributed by atoms with Crippen molar-refractivity contribution < 1.29 is 9.53 Å². The SMILES string of the molecule is O=CCC1CCCN1c1ccc(OCc2ccccc2-c2ccccc2)cc1. The quantitative estimate of drug-likeness (QED) is 0.514. The van der Waals surface area contributed by atoms with Crippen LogP contribution in [0.15, 0.2) is 78.9 Å². The Hall–Kier alpha value is -3.07. The summed E-state index contributed by atoms with van der Waals surface area (Å²) in [5.41, 5.74) is 4.74. The average molecular weight is 371 g/mol. The monoisotopic (exact) mass is 371 g/mol. The summed E-state index contributed by atoms with van der Waals surface area (Å²) >= 11 is 0. The molecule has 1 heterocycles. The summed E-state index contributed by atoms with van der Waals surface area (Å²) in [6.45, 7) is 1.55. The molecule has 0 spiro atoms. The molecule has 0 N–H and O–H groups in total. The first-order valence-corrected chi connectivity index (χ1v) is 9.91. The van der Waals surface area contributed by atoms with E-state index >= 15 is 0 Å². The van der Waals surface area contributed by atoms with E-state index in [1.54, 1.807) is 0 Å². The molecule has 0 aromatic heterocycles. The highest BCUT2D eigenvalue weighted by molar-refractivity contribution is 5.67. The van der Waals surface area contributed by atoms with E-state index in [0.29, 0.717) is 19.1 Å². The van der Waals surface area contributed by atoms with Crippen LogP contribution in [0.1, 0.15) is 24.8 Å². The number of hydrogen-bond donors (Lipinski definition) is 0. The van der Waals surface area contributed by atoms with E-state index in [-0.39, 0.29) is 0 Å². The Morgan fingerprint density at radius 3 is 2.46 bits per heavy atom. The van der Waals surface area contributed by atoms with E-state index in [4.69, 9.17) is 4.74 Å². The molecule has 1 aliphatic rings. The van der Waals surface area contributed by atoms with Crippen LogP contribution in [0, 0.1) is 0 Å². The number of nitrogens with zero attached hydrogens (tertiary/aromatic N) is 1. The van der Waals surface area contributed by atoms with Crippen LogP contribution in [-0.2, 0) is 11.4 Å². The molecule has 0 radical (unpaired) electrons. The van der Waals surface area contributed by atoms with Crippen LogP contribution < -0.4 is 9.64 Å². The smallest absolute Gasteiger partial charge is 0.122 e. The van der Waals surface area contributed by atoms with Crippen LogP contribution in [0.3, 0.4) is 0 Å². The lowest BCUT2D eigenvalue weighted by atomic mass is 10.0. The van der Waals surface area contributed by atoms with E-state index in [0.717, 1.165) is 31.4 Å². The van der Waals surface area contributed by atoms with Crippen molar-refractivity contribution in [3.8, 4) is 16.9 Å². The van der Waals surface area contributed by atoms with Gasteiger partial charge in [-0.15, -0.1) is 0 Å². The Kier molecular flexibility index (Phi) is 5.72. The third-order valence-corrected chi connectivity index (χ3v) is 5.41. The number of benzene rings is 3. The van der Waals surface area contributed by atoms with Gasteiger partial charge in [-0.1, -0.05) is 54.6 Å². The summed E-state index contributed by atoms with van der Waals surface area (Å²) in [7, 11) is 0. The van der Waals surface area contributed by atoms with Gasteiger partial charge in [-0.25, -0.2) is 0 Å². The predicted molar refractivity (Wildman–Crippen MR) is 114 cm³/mol. The van der Waals surface area contributed by atoms with Gasteiger partial charge in [0.05, 0.1) is 0 Å². The molecule has 1 atom stereocenters. The Balaban J connectivity index is 1.44. The van der Waals surface area contributed by atoms with E-state index in [1.807, 2.05) is 18.2 Å². The highest BCUT2D eigenvalue weighted by Gasteiger charge is 2.24. The maximum atomic E-state index is 10.9. The fourth-order valence-corrected chi connectivity index (χ4v) is 3.97. The molecule has 4 rings (SSSR count). The molecule has 3 aromatic rings. The van der Waals surface area contributed by atoms with Gasteiger partial charge < -0.3 is 14.4 Å². The first-order chi connectivity index (χ1) is 13.8. The lowest BCUT2D eigenvalue weighted by molar-refractivity contribution is -0.108. The molecule has 3 nitrogen and oxygen atoms in total. The Morgan fingerprint density at radius 2 is 1.68 bits per heavy atom. The Bertz CT molecular complexity index is 905. The standard InChI is InChI=1S/C25H25NO2/c27-18-16-22-10-6-17-26(22)23-12-14-24(15-13-23)28-19-21-9-4-5-11-25(21)20-7-2-1-3-8-20/h1-5,7-9,11-15,18,22H,6,10,16-17,19H2. The van der Waals surface area contributed by atoms with Crippen molar-refractivity contribution in [2.24, 2.45) is 0 Å². The zero-order chi connectivity index (χ0) is 19.2. The number of anilines is 1. The molecule has 28 heavy (non-hydrogen) atoms. The maximum absolute atomic E-state index is 10.9. The van der Waals surface area contributed by atoms with Gasteiger partial charge in [-0.3, -0.25) is 0 Å². The first kappa shape index (κ1) is 18.3. The number of rotatable bonds is 7. The molecule has 142 valence electrons. The van der Waals surface area contributed by atoms with Gasteiger partial charge in [0, 0.05) is 24.7 Å². The molecule has 0 bridgehead atoms. The normalized spacial score (nSPS) is 16.1. The van der Waals surface area contributed by atoms with Gasteiger partial charge in [-0.05, 0) is 53.8 Å². The Morgan fingerprint density at radius 1 is 0.929 bits per heavy atom. The molecule has 1 unspecified atom stereocenters. The van der Waals surface area contributed by atoms with Crippen molar-refractivity contribution in [3.63, 3.8) is 0 Å². The van der Waals surface area contributed by atoms with Crippen LogP contribution in [0.2, 0.25) is 0 Å². The maximum Gasteiger partial charge on any atom is 0.122 e. The molecule has 0 amide bonds. The van der Waals surface area contributed by atoms with Crippen LogP contribution in [-0.4, -0.2) is 18.9 Å². The second-order valence-electron chi connectivity index (χ2n) is 7.20. The molecule has 1 saturated heterocycles. The van der Waals surface area contributed by atoms with Crippen LogP contribution in [0.25, 0.3) is 11.1 Å². The average Bonchev–Trinajstić information content (AvgIpc) is 3.22. The van der Waals surface area contributed by atoms with Gasteiger partial charge in [0.2, 0.25) is 0 Å². The van der Waals surface area contributed by atoms with Crippen molar-refractivity contribution in [2.45, 2.75) is 31.9 Å². The number of aldehydes is 1. The number of hydrogen-bond acceptors (Lipinski definition) is 3. The van der Waals surface area contributed by atoms with E-state index in [2.05, 4.69) is 65.6 Å². The van der Waals surface area contributed by atoms with E-state index in [1.165, 1.54) is 22.4 Å². The lowest BCUT2D eigenvalue weighted by Gasteiger charge is -2.25. The molecule has 0 saturated carbocycles. The fourth-order valence-electron chi connectivity index (χ4n) is 3.97. The Labute approximate surface area is 166 Å². The summed E-state index contributed by atoms with van der Waals surface area (Å²) in [5.74, 6) is 0.859. The molecular weight excluding hydrogens is 346 g/mol. The highest BCUT2D eigenvalue weighted by atomic mass is 16.5. The van der Waals surface area contributed by atoms with Crippen molar-refractivity contribution in [1.82, 2.24) is 0 Å². The predicted octanol–water partition coefficient (Wildman–Crippen LogP) is 5.49.